The molecule has 0 spiro atoms. The maximum absolute atomic E-state index is 12.3. The zero-order valence-electron chi connectivity index (χ0n) is 11.9. The number of amides is 1. The lowest BCUT2D eigenvalue weighted by atomic mass is 10.1. The molecule has 1 aliphatic heterocycles. The van der Waals surface area contributed by atoms with E-state index in [-0.39, 0.29) is 11.9 Å². The quantitative estimate of drug-likeness (QED) is 0.824. The van der Waals surface area contributed by atoms with E-state index in [9.17, 15) is 4.79 Å². The highest BCUT2D eigenvalue weighted by atomic mass is 16.5. The smallest absolute Gasteiger partial charge is 0.253 e. The minimum absolute atomic E-state index is 0.0450. The first-order chi connectivity index (χ1) is 9.70. The highest BCUT2D eigenvalue weighted by Gasteiger charge is 2.22. The number of carbonyl (C=O) groups excluding carboxylic acids is 1. The predicted octanol–water partition coefficient (Wildman–Crippen LogP) is 1.28. The van der Waals surface area contributed by atoms with E-state index in [1.165, 1.54) is 0 Å². The van der Waals surface area contributed by atoms with Crippen molar-refractivity contribution in [1.29, 1.82) is 0 Å². The zero-order valence-corrected chi connectivity index (χ0v) is 11.9. The fourth-order valence-corrected chi connectivity index (χ4v) is 2.31. The van der Waals surface area contributed by atoms with Crippen molar-refractivity contribution in [3.63, 3.8) is 0 Å². The number of methoxy groups -OCH3 is 1. The molecule has 110 valence electrons. The van der Waals surface area contributed by atoms with E-state index in [4.69, 9.17) is 15.2 Å². The lowest BCUT2D eigenvalue weighted by Gasteiger charge is -2.30. The third-order valence-corrected chi connectivity index (χ3v) is 3.40. The van der Waals surface area contributed by atoms with Gasteiger partial charge in [-0.1, -0.05) is 0 Å². The number of nitrogens with zero attached hydrogens (tertiary/aromatic N) is 1. The lowest BCUT2D eigenvalue weighted by Crippen LogP contribution is -2.45. The number of nitrogens with two attached hydrogens (primary N) is 1. The van der Waals surface area contributed by atoms with Crippen molar-refractivity contribution in [2.75, 3.05) is 33.4 Å². The minimum Gasteiger partial charge on any atom is -0.491 e. The zero-order chi connectivity index (χ0) is 14.4. The van der Waals surface area contributed by atoms with Gasteiger partial charge in [-0.25, -0.2) is 0 Å². The van der Waals surface area contributed by atoms with Crippen molar-refractivity contribution in [2.45, 2.75) is 18.9 Å². The molecule has 1 amide bonds. The molecule has 1 aromatic rings. The molecule has 0 aromatic heterocycles. The van der Waals surface area contributed by atoms with E-state index in [0.29, 0.717) is 25.3 Å². The van der Waals surface area contributed by atoms with Crippen LogP contribution in [0, 0.1) is 0 Å². The van der Waals surface area contributed by atoms with Gasteiger partial charge >= 0.3 is 0 Å². The summed E-state index contributed by atoms with van der Waals surface area (Å²) < 4.78 is 10.4. The van der Waals surface area contributed by atoms with Crippen molar-refractivity contribution in [3.8, 4) is 5.75 Å². The van der Waals surface area contributed by atoms with Gasteiger partial charge in [0.15, 0.2) is 0 Å². The maximum Gasteiger partial charge on any atom is 0.253 e. The first-order valence-electron chi connectivity index (χ1n) is 6.97. The summed E-state index contributed by atoms with van der Waals surface area (Å²) in [6.45, 7) is 2.49. The Labute approximate surface area is 119 Å². The molecule has 20 heavy (non-hydrogen) atoms. The topological polar surface area (TPSA) is 64.8 Å². The highest BCUT2D eigenvalue weighted by Crippen LogP contribution is 2.16. The van der Waals surface area contributed by atoms with E-state index in [0.717, 1.165) is 25.1 Å². The van der Waals surface area contributed by atoms with Crippen LogP contribution in [0.3, 0.4) is 0 Å². The summed E-state index contributed by atoms with van der Waals surface area (Å²) in [5.41, 5.74) is 6.59. The molecule has 1 aromatic carbocycles. The minimum atomic E-state index is 0.0450. The highest BCUT2D eigenvalue weighted by molar-refractivity contribution is 5.94. The molecule has 0 saturated carbocycles. The largest absolute Gasteiger partial charge is 0.491 e. The van der Waals surface area contributed by atoms with E-state index >= 15 is 0 Å². The van der Waals surface area contributed by atoms with E-state index in [1.807, 2.05) is 17.0 Å². The standard InChI is InChI=1S/C15H22N2O3/c1-19-9-10-20-14-6-4-12(5-7-14)15(18)17-8-2-3-13(16)11-17/h4-7,13H,2-3,8-11,16H2,1H3. The third kappa shape index (κ3) is 3.95. The SMILES string of the molecule is COCCOc1ccc(C(=O)N2CCCC(N)C2)cc1. The van der Waals surface area contributed by atoms with E-state index < -0.39 is 0 Å². The molecule has 2 N–H and O–H groups in total. The fraction of sp³-hybridized carbons (Fsp3) is 0.533. The first-order valence-corrected chi connectivity index (χ1v) is 6.97. The van der Waals surface area contributed by atoms with Gasteiger partial charge in [0.25, 0.3) is 5.91 Å². The predicted molar refractivity (Wildman–Crippen MR) is 76.9 cm³/mol. The maximum atomic E-state index is 12.3. The number of hydrogen-bond donors (Lipinski definition) is 1. The summed E-state index contributed by atoms with van der Waals surface area (Å²) in [4.78, 5) is 14.2. The average molecular weight is 278 g/mol. The molecule has 0 radical (unpaired) electrons. The molecule has 5 nitrogen and oxygen atoms in total. The second-order valence-electron chi connectivity index (χ2n) is 5.02. The van der Waals surface area contributed by atoms with E-state index in [1.54, 1.807) is 19.2 Å². The Balaban J connectivity index is 1.93. The summed E-state index contributed by atoms with van der Waals surface area (Å²) >= 11 is 0. The van der Waals surface area contributed by atoms with Crippen LogP contribution in [0.2, 0.25) is 0 Å². The molecule has 0 aliphatic carbocycles. The molecule has 1 heterocycles. The average Bonchev–Trinajstić information content (AvgIpc) is 2.47. The lowest BCUT2D eigenvalue weighted by molar-refractivity contribution is 0.0708. The van der Waals surface area contributed by atoms with Crippen LogP contribution < -0.4 is 10.5 Å². The number of hydrogen-bond acceptors (Lipinski definition) is 4. The van der Waals surface area contributed by atoms with Crippen LogP contribution >= 0.6 is 0 Å². The summed E-state index contributed by atoms with van der Waals surface area (Å²) in [6, 6.07) is 7.32. The molecule has 1 saturated heterocycles. The number of benzene rings is 1. The Bertz CT molecular complexity index is 433. The van der Waals surface area contributed by atoms with Crippen LogP contribution in [0.5, 0.6) is 5.75 Å². The van der Waals surface area contributed by atoms with Crippen molar-refractivity contribution < 1.29 is 14.3 Å². The molecular formula is C15H22N2O3. The van der Waals surface area contributed by atoms with Gasteiger partial charge in [0.1, 0.15) is 12.4 Å². The molecule has 0 bridgehead atoms. The Hall–Kier alpha value is -1.59. The summed E-state index contributed by atoms with van der Waals surface area (Å²) in [6.07, 6.45) is 1.97. The number of rotatable bonds is 5. The van der Waals surface area contributed by atoms with Gasteiger partial charge in [-0.15, -0.1) is 0 Å². The Morgan fingerprint density at radius 3 is 2.75 bits per heavy atom. The molecule has 1 aliphatic rings. The molecule has 2 rings (SSSR count). The Morgan fingerprint density at radius 1 is 1.35 bits per heavy atom. The Morgan fingerprint density at radius 2 is 2.10 bits per heavy atom. The van der Waals surface area contributed by atoms with Crippen LogP contribution in [0.25, 0.3) is 0 Å². The van der Waals surface area contributed by atoms with Gasteiger partial charge in [0.05, 0.1) is 6.61 Å². The summed E-state index contributed by atoms with van der Waals surface area (Å²) in [5, 5.41) is 0. The van der Waals surface area contributed by atoms with Crippen molar-refractivity contribution in [1.82, 2.24) is 4.90 Å². The van der Waals surface area contributed by atoms with Gasteiger partial charge in [0.2, 0.25) is 0 Å². The molecular weight excluding hydrogens is 256 g/mol. The van der Waals surface area contributed by atoms with Crippen molar-refractivity contribution in [2.24, 2.45) is 5.73 Å². The first kappa shape index (κ1) is 14.8. The number of ether oxygens (including phenoxy) is 2. The van der Waals surface area contributed by atoms with Crippen LogP contribution in [0.1, 0.15) is 23.2 Å². The van der Waals surface area contributed by atoms with Crippen LogP contribution in [0.15, 0.2) is 24.3 Å². The monoisotopic (exact) mass is 278 g/mol. The number of piperidine rings is 1. The van der Waals surface area contributed by atoms with Gasteiger partial charge in [-0.2, -0.15) is 0 Å². The fourth-order valence-electron chi connectivity index (χ4n) is 2.31. The van der Waals surface area contributed by atoms with Gasteiger partial charge in [-0.05, 0) is 37.1 Å². The summed E-state index contributed by atoms with van der Waals surface area (Å²) in [5.74, 6) is 0.789. The van der Waals surface area contributed by atoms with Gasteiger partial charge in [-0.3, -0.25) is 4.79 Å². The second-order valence-corrected chi connectivity index (χ2v) is 5.02. The summed E-state index contributed by atoms with van der Waals surface area (Å²) in [7, 11) is 1.63. The molecule has 1 atom stereocenters. The molecule has 1 unspecified atom stereocenters. The second kappa shape index (κ2) is 7.26. The normalized spacial score (nSPS) is 18.9. The van der Waals surface area contributed by atoms with Gasteiger partial charge < -0.3 is 20.1 Å². The third-order valence-electron chi connectivity index (χ3n) is 3.40. The van der Waals surface area contributed by atoms with Crippen molar-refractivity contribution in [3.05, 3.63) is 29.8 Å². The Kier molecular flexibility index (Phi) is 5.38. The van der Waals surface area contributed by atoms with Crippen LogP contribution in [-0.2, 0) is 4.74 Å². The van der Waals surface area contributed by atoms with E-state index in [2.05, 4.69) is 0 Å². The van der Waals surface area contributed by atoms with Gasteiger partial charge in [0, 0.05) is 31.8 Å². The number of likely N-dealkylation sites (tertiary alicyclic amines) is 1. The molecule has 5 heteroatoms. The number of carbonyl (C=O) groups is 1. The molecule has 1 fully saturated rings. The van der Waals surface area contributed by atoms with Crippen LogP contribution in [-0.4, -0.2) is 50.3 Å². The van der Waals surface area contributed by atoms with Crippen molar-refractivity contribution >= 4 is 5.91 Å². The van der Waals surface area contributed by atoms with Crippen LogP contribution in [0.4, 0.5) is 0 Å².